The molecular weight excluding hydrogens is 482 g/mol. The highest BCUT2D eigenvalue weighted by Crippen LogP contribution is 2.33. The number of benzene rings is 2. The van der Waals surface area contributed by atoms with Gasteiger partial charge in [0, 0.05) is 12.1 Å². The van der Waals surface area contributed by atoms with Crippen LogP contribution in [0.3, 0.4) is 0 Å². The smallest absolute Gasteiger partial charge is 0.293 e. The lowest BCUT2D eigenvalue weighted by Crippen LogP contribution is -2.32. The van der Waals surface area contributed by atoms with Gasteiger partial charge in [0.15, 0.2) is 0 Å². The fourth-order valence-corrected chi connectivity index (χ4v) is 4.00. The van der Waals surface area contributed by atoms with Crippen molar-refractivity contribution in [1.82, 2.24) is 9.88 Å². The number of hydrogen-bond donors (Lipinski definition) is 0. The van der Waals surface area contributed by atoms with Crippen LogP contribution >= 0.6 is 23.4 Å². The molecule has 1 aromatic heterocycles. The van der Waals surface area contributed by atoms with E-state index in [2.05, 4.69) is 4.98 Å². The summed E-state index contributed by atoms with van der Waals surface area (Å²) in [6, 6.07) is 16.4. The maximum atomic E-state index is 12.7. The first kappa shape index (κ1) is 23.3. The highest BCUT2D eigenvalue weighted by Gasteiger charge is 2.34. The largest absolute Gasteiger partial charge is 0.490 e. The number of rotatable bonds is 8. The van der Waals surface area contributed by atoms with Crippen molar-refractivity contribution < 1.29 is 24.0 Å². The van der Waals surface area contributed by atoms with Crippen molar-refractivity contribution in [3.05, 3.63) is 92.5 Å². The molecule has 1 aliphatic heterocycles. The van der Waals surface area contributed by atoms with Crippen molar-refractivity contribution in [1.29, 1.82) is 0 Å². The third-order valence-electron chi connectivity index (χ3n) is 4.61. The second-order valence-electron chi connectivity index (χ2n) is 6.90. The van der Waals surface area contributed by atoms with E-state index in [9.17, 15) is 19.7 Å². The van der Waals surface area contributed by atoms with Crippen LogP contribution in [0.5, 0.6) is 17.4 Å². The van der Waals surface area contributed by atoms with Gasteiger partial charge in [-0.05, 0) is 47.7 Å². The SMILES string of the molecule is O=C1S/C(=C\c2ccc(Oc3ccc([N+](=O)[O-])cn3)cc2)C(=O)N1CCOc1ccccc1Cl. The number of imide groups is 1. The van der Waals surface area contributed by atoms with Gasteiger partial charge in [0.05, 0.1) is 21.4 Å². The topological polar surface area (TPSA) is 112 Å². The zero-order valence-electron chi connectivity index (χ0n) is 17.4. The average Bonchev–Trinajstić information content (AvgIpc) is 3.09. The second-order valence-corrected chi connectivity index (χ2v) is 8.30. The van der Waals surface area contributed by atoms with E-state index in [0.29, 0.717) is 27.0 Å². The van der Waals surface area contributed by atoms with Gasteiger partial charge in [0.25, 0.3) is 16.8 Å². The first-order chi connectivity index (χ1) is 16.4. The number of halogens is 1. The Kier molecular flexibility index (Phi) is 7.09. The Balaban J connectivity index is 1.36. The van der Waals surface area contributed by atoms with E-state index in [-0.39, 0.29) is 30.0 Å². The molecule has 2 aromatic carbocycles. The summed E-state index contributed by atoms with van der Waals surface area (Å²) in [6.07, 6.45) is 2.73. The molecule has 0 spiro atoms. The fraction of sp³-hybridized carbons (Fsp3) is 0.0870. The summed E-state index contributed by atoms with van der Waals surface area (Å²) in [5.74, 6) is 0.757. The fourth-order valence-electron chi connectivity index (χ4n) is 2.95. The number of aromatic nitrogens is 1. The summed E-state index contributed by atoms with van der Waals surface area (Å²) in [6.45, 7) is 0.222. The zero-order chi connectivity index (χ0) is 24.1. The number of ether oxygens (including phenoxy) is 2. The van der Waals surface area contributed by atoms with E-state index in [1.54, 1.807) is 54.6 Å². The molecule has 0 N–H and O–H groups in total. The number of amides is 2. The molecule has 3 aromatic rings. The first-order valence-electron chi connectivity index (χ1n) is 9.92. The highest BCUT2D eigenvalue weighted by atomic mass is 35.5. The number of hydrogen-bond acceptors (Lipinski definition) is 8. The quantitative estimate of drug-likeness (QED) is 0.226. The van der Waals surface area contributed by atoms with Gasteiger partial charge < -0.3 is 9.47 Å². The molecule has 0 unspecified atom stereocenters. The molecule has 1 saturated heterocycles. The van der Waals surface area contributed by atoms with E-state index < -0.39 is 10.8 Å². The van der Waals surface area contributed by atoms with E-state index in [4.69, 9.17) is 21.1 Å². The Morgan fingerprint density at radius 3 is 2.53 bits per heavy atom. The summed E-state index contributed by atoms with van der Waals surface area (Å²) >= 11 is 6.90. The zero-order valence-corrected chi connectivity index (χ0v) is 19.0. The van der Waals surface area contributed by atoms with Crippen LogP contribution in [0.15, 0.2) is 71.8 Å². The molecule has 0 atom stereocenters. The van der Waals surface area contributed by atoms with Gasteiger partial charge in [-0.2, -0.15) is 0 Å². The van der Waals surface area contributed by atoms with E-state index >= 15 is 0 Å². The van der Waals surface area contributed by atoms with Crippen LogP contribution in [0.1, 0.15) is 5.56 Å². The van der Waals surface area contributed by atoms with Crippen molar-refractivity contribution in [3.63, 3.8) is 0 Å². The molecule has 9 nitrogen and oxygen atoms in total. The van der Waals surface area contributed by atoms with Crippen LogP contribution in [-0.2, 0) is 4.79 Å². The third-order valence-corrected chi connectivity index (χ3v) is 5.83. The number of carbonyl (C=O) groups excluding carboxylic acids is 2. The maximum absolute atomic E-state index is 12.7. The summed E-state index contributed by atoms with van der Waals surface area (Å²) in [5.41, 5.74) is 0.564. The number of nitro groups is 1. The van der Waals surface area contributed by atoms with Crippen LogP contribution in [0.25, 0.3) is 6.08 Å². The monoisotopic (exact) mass is 497 g/mol. The van der Waals surface area contributed by atoms with Crippen molar-refractivity contribution >= 4 is 46.3 Å². The van der Waals surface area contributed by atoms with Crippen LogP contribution < -0.4 is 9.47 Å². The first-order valence-corrected chi connectivity index (χ1v) is 11.1. The van der Waals surface area contributed by atoms with E-state index in [0.717, 1.165) is 22.9 Å². The molecule has 34 heavy (non-hydrogen) atoms. The molecule has 4 rings (SSSR count). The highest BCUT2D eigenvalue weighted by molar-refractivity contribution is 8.18. The summed E-state index contributed by atoms with van der Waals surface area (Å²) in [5, 5.41) is 10.8. The van der Waals surface area contributed by atoms with Gasteiger partial charge in [-0.15, -0.1) is 0 Å². The van der Waals surface area contributed by atoms with Crippen LogP contribution in [-0.4, -0.2) is 39.1 Å². The molecule has 1 aliphatic rings. The molecule has 0 aliphatic carbocycles. The molecule has 2 amide bonds. The minimum atomic E-state index is -0.542. The molecular formula is C23H16ClN3O6S. The van der Waals surface area contributed by atoms with Gasteiger partial charge in [-0.1, -0.05) is 35.9 Å². The Morgan fingerprint density at radius 2 is 1.85 bits per heavy atom. The molecule has 172 valence electrons. The number of pyridine rings is 1. The van der Waals surface area contributed by atoms with Crippen molar-refractivity contribution in [2.75, 3.05) is 13.2 Å². The Bertz CT molecular complexity index is 1260. The summed E-state index contributed by atoms with van der Waals surface area (Å²) in [7, 11) is 0. The van der Waals surface area contributed by atoms with Crippen molar-refractivity contribution in [2.45, 2.75) is 0 Å². The van der Waals surface area contributed by atoms with Gasteiger partial charge in [0.1, 0.15) is 24.3 Å². The number of para-hydroxylation sites is 1. The predicted octanol–water partition coefficient (Wildman–Crippen LogP) is 5.55. The summed E-state index contributed by atoms with van der Waals surface area (Å²) < 4.78 is 11.1. The van der Waals surface area contributed by atoms with Gasteiger partial charge in [0.2, 0.25) is 5.88 Å². The van der Waals surface area contributed by atoms with Crippen LogP contribution in [0.2, 0.25) is 5.02 Å². The minimum absolute atomic E-state index is 0.0994. The Morgan fingerprint density at radius 1 is 1.09 bits per heavy atom. The number of thioether (sulfide) groups is 1. The Labute approximate surface area is 203 Å². The molecule has 0 radical (unpaired) electrons. The lowest BCUT2D eigenvalue weighted by molar-refractivity contribution is -0.385. The average molecular weight is 498 g/mol. The molecule has 11 heteroatoms. The standard InChI is InChI=1S/C23H16ClN3O6S/c24-18-3-1-2-4-19(18)32-12-11-26-22(28)20(34-23(26)29)13-15-5-8-17(9-6-15)33-21-10-7-16(14-25-21)27(30)31/h1-10,13-14H,11-12H2/b20-13-. The lowest BCUT2D eigenvalue weighted by atomic mass is 10.2. The molecule has 1 fully saturated rings. The molecule has 0 bridgehead atoms. The maximum Gasteiger partial charge on any atom is 0.293 e. The third kappa shape index (κ3) is 5.53. The number of carbonyl (C=O) groups is 2. The predicted molar refractivity (Wildman–Crippen MR) is 127 cm³/mol. The van der Waals surface area contributed by atoms with Crippen LogP contribution in [0, 0.1) is 10.1 Å². The van der Waals surface area contributed by atoms with Gasteiger partial charge in [-0.25, -0.2) is 4.98 Å². The Hall–Kier alpha value is -3.89. The van der Waals surface area contributed by atoms with Crippen LogP contribution in [0.4, 0.5) is 10.5 Å². The second kappa shape index (κ2) is 10.4. The van der Waals surface area contributed by atoms with Gasteiger partial charge >= 0.3 is 0 Å². The molecule has 0 saturated carbocycles. The lowest BCUT2D eigenvalue weighted by Gasteiger charge is -2.13. The van der Waals surface area contributed by atoms with E-state index in [1.165, 1.54) is 12.1 Å². The normalized spacial score (nSPS) is 14.5. The summed E-state index contributed by atoms with van der Waals surface area (Å²) in [4.78, 5) is 40.4. The number of nitrogens with zero attached hydrogens (tertiary/aromatic N) is 3. The van der Waals surface area contributed by atoms with Crippen molar-refractivity contribution in [2.24, 2.45) is 0 Å². The van der Waals surface area contributed by atoms with Gasteiger partial charge in [-0.3, -0.25) is 24.6 Å². The molecule has 2 heterocycles. The van der Waals surface area contributed by atoms with Crippen molar-refractivity contribution in [3.8, 4) is 17.4 Å². The minimum Gasteiger partial charge on any atom is -0.490 e. The van der Waals surface area contributed by atoms with E-state index in [1.807, 2.05) is 0 Å².